The second-order valence-corrected chi connectivity index (χ2v) is 8.16. The summed E-state index contributed by atoms with van der Waals surface area (Å²) in [5.41, 5.74) is 1.29. The van der Waals surface area contributed by atoms with Gasteiger partial charge >= 0.3 is 0 Å². The third kappa shape index (κ3) is 5.31. The van der Waals surface area contributed by atoms with Crippen LogP contribution in [0.1, 0.15) is 20.3 Å². The third-order valence-corrected chi connectivity index (χ3v) is 5.72. The molecule has 0 saturated carbocycles. The predicted molar refractivity (Wildman–Crippen MR) is 93.7 cm³/mol. The van der Waals surface area contributed by atoms with Gasteiger partial charge in [-0.25, -0.2) is 8.42 Å². The highest BCUT2D eigenvalue weighted by molar-refractivity contribution is 7.91. The lowest BCUT2D eigenvalue weighted by atomic mass is 10.2. The SMILES string of the molecule is CCN(CC(=O)Nc1ccc(NC(C)=O)cc1)C1CCS(=O)(=O)C1. The normalized spacial score (nSPS) is 19.2. The van der Waals surface area contributed by atoms with Gasteiger partial charge in [0.2, 0.25) is 11.8 Å². The van der Waals surface area contributed by atoms with Gasteiger partial charge in [-0.05, 0) is 37.2 Å². The van der Waals surface area contributed by atoms with E-state index in [1.54, 1.807) is 24.3 Å². The molecule has 1 aliphatic rings. The zero-order valence-electron chi connectivity index (χ0n) is 13.9. The van der Waals surface area contributed by atoms with E-state index in [0.29, 0.717) is 24.3 Å². The molecule has 1 aromatic carbocycles. The van der Waals surface area contributed by atoms with Crippen LogP contribution in [0.25, 0.3) is 0 Å². The summed E-state index contributed by atoms with van der Waals surface area (Å²) < 4.78 is 23.2. The van der Waals surface area contributed by atoms with E-state index in [2.05, 4.69) is 10.6 Å². The van der Waals surface area contributed by atoms with E-state index >= 15 is 0 Å². The molecule has 2 amide bonds. The monoisotopic (exact) mass is 353 g/mol. The Kier molecular flexibility index (Phi) is 5.95. The van der Waals surface area contributed by atoms with Crippen LogP contribution in [0.15, 0.2) is 24.3 Å². The number of benzene rings is 1. The van der Waals surface area contributed by atoms with Gasteiger partial charge in [0, 0.05) is 24.3 Å². The quantitative estimate of drug-likeness (QED) is 0.798. The molecule has 0 bridgehead atoms. The summed E-state index contributed by atoms with van der Waals surface area (Å²) >= 11 is 0. The fourth-order valence-electron chi connectivity index (χ4n) is 2.79. The molecular formula is C16H23N3O4S. The number of amides is 2. The molecule has 1 saturated heterocycles. The average molecular weight is 353 g/mol. The molecule has 0 spiro atoms. The maximum atomic E-state index is 12.2. The van der Waals surface area contributed by atoms with Crippen molar-refractivity contribution in [1.29, 1.82) is 0 Å². The Morgan fingerprint density at radius 2 is 1.75 bits per heavy atom. The van der Waals surface area contributed by atoms with Crippen molar-refractivity contribution in [1.82, 2.24) is 4.90 Å². The second-order valence-electron chi connectivity index (χ2n) is 5.93. The Balaban J connectivity index is 1.90. The number of anilines is 2. The standard InChI is InChI=1S/C16H23N3O4S/c1-3-19(15-8-9-24(22,23)11-15)10-16(21)18-14-6-4-13(5-7-14)17-12(2)20/h4-7,15H,3,8-11H2,1-2H3,(H,17,20)(H,18,21). The van der Waals surface area contributed by atoms with Gasteiger partial charge in [0.05, 0.1) is 18.1 Å². The molecule has 0 radical (unpaired) electrons. The summed E-state index contributed by atoms with van der Waals surface area (Å²) in [6, 6.07) is 6.74. The van der Waals surface area contributed by atoms with Crippen molar-refractivity contribution in [3.8, 4) is 0 Å². The molecule has 0 aliphatic carbocycles. The molecule has 2 rings (SSSR count). The molecule has 8 heteroatoms. The lowest BCUT2D eigenvalue weighted by molar-refractivity contribution is -0.117. The number of carbonyl (C=O) groups excluding carboxylic acids is 2. The van der Waals surface area contributed by atoms with Crippen LogP contribution in [0.3, 0.4) is 0 Å². The van der Waals surface area contributed by atoms with Crippen molar-refractivity contribution in [3.63, 3.8) is 0 Å². The van der Waals surface area contributed by atoms with Gasteiger partial charge in [0.25, 0.3) is 0 Å². The van der Waals surface area contributed by atoms with E-state index in [-0.39, 0.29) is 35.9 Å². The first kappa shape index (κ1) is 18.4. The maximum Gasteiger partial charge on any atom is 0.238 e. The van der Waals surface area contributed by atoms with E-state index in [1.807, 2.05) is 11.8 Å². The summed E-state index contributed by atoms with van der Waals surface area (Å²) in [6.45, 7) is 4.12. The minimum Gasteiger partial charge on any atom is -0.326 e. The van der Waals surface area contributed by atoms with Crippen molar-refractivity contribution < 1.29 is 18.0 Å². The lowest BCUT2D eigenvalue weighted by Crippen LogP contribution is -2.41. The molecule has 1 unspecified atom stereocenters. The zero-order valence-corrected chi connectivity index (χ0v) is 14.7. The van der Waals surface area contributed by atoms with Crippen LogP contribution < -0.4 is 10.6 Å². The Labute approximate surface area is 142 Å². The summed E-state index contributed by atoms with van der Waals surface area (Å²) in [5, 5.41) is 5.44. The molecule has 132 valence electrons. The Bertz CT molecular complexity index is 701. The molecule has 1 fully saturated rings. The van der Waals surface area contributed by atoms with Crippen molar-refractivity contribution in [2.45, 2.75) is 26.3 Å². The number of nitrogens with zero attached hydrogens (tertiary/aromatic N) is 1. The van der Waals surface area contributed by atoms with Gasteiger partial charge in [-0.1, -0.05) is 6.92 Å². The predicted octanol–water partition coefficient (Wildman–Crippen LogP) is 1.09. The fraction of sp³-hybridized carbons (Fsp3) is 0.500. The highest BCUT2D eigenvalue weighted by Gasteiger charge is 2.32. The first-order chi connectivity index (χ1) is 11.3. The first-order valence-corrected chi connectivity index (χ1v) is 9.73. The zero-order chi connectivity index (χ0) is 17.7. The van der Waals surface area contributed by atoms with Gasteiger partial charge in [0.1, 0.15) is 0 Å². The van der Waals surface area contributed by atoms with Crippen molar-refractivity contribution in [3.05, 3.63) is 24.3 Å². The van der Waals surface area contributed by atoms with Gasteiger partial charge < -0.3 is 10.6 Å². The van der Waals surface area contributed by atoms with Gasteiger partial charge in [0.15, 0.2) is 9.84 Å². The van der Waals surface area contributed by atoms with Crippen LogP contribution >= 0.6 is 0 Å². The highest BCUT2D eigenvalue weighted by Crippen LogP contribution is 2.18. The molecule has 1 atom stereocenters. The summed E-state index contributed by atoms with van der Waals surface area (Å²) in [6.07, 6.45) is 0.578. The van der Waals surface area contributed by atoms with Crippen molar-refractivity contribution in [2.24, 2.45) is 0 Å². The number of hydrogen-bond donors (Lipinski definition) is 2. The number of carbonyl (C=O) groups is 2. The van der Waals surface area contributed by atoms with Crippen LogP contribution in [0.5, 0.6) is 0 Å². The Morgan fingerprint density at radius 1 is 1.17 bits per heavy atom. The number of likely N-dealkylation sites (N-methyl/N-ethyl adjacent to an activating group) is 1. The first-order valence-electron chi connectivity index (χ1n) is 7.91. The highest BCUT2D eigenvalue weighted by atomic mass is 32.2. The minimum atomic E-state index is -2.97. The summed E-state index contributed by atoms with van der Waals surface area (Å²) in [5.74, 6) is -0.0229. The van der Waals surface area contributed by atoms with Gasteiger partial charge in [-0.15, -0.1) is 0 Å². The van der Waals surface area contributed by atoms with E-state index in [1.165, 1.54) is 6.92 Å². The number of nitrogens with one attached hydrogen (secondary N) is 2. The fourth-order valence-corrected chi connectivity index (χ4v) is 4.55. The number of rotatable bonds is 6. The van der Waals surface area contributed by atoms with Crippen LogP contribution in [0.2, 0.25) is 0 Å². The smallest absolute Gasteiger partial charge is 0.238 e. The Hall–Kier alpha value is -1.93. The van der Waals surface area contributed by atoms with Crippen LogP contribution in [-0.2, 0) is 19.4 Å². The number of hydrogen-bond acceptors (Lipinski definition) is 5. The minimum absolute atomic E-state index is 0.0899. The summed E-state index contributed by atoms with van der Waals surface area (Å²) in [4.78, 5) is 25.1. The third-order valence-electron chi connectivity index (χ3n) is 3.97. The second kappa shape index (κ2) is 7.76. The Morgan fingerprint density at radius 3 is 2.21 bits per heavy atom. The largest absolute Gasteiger partial charge is 0.326 e. The topological polar surface area (TPSA) is 95.6 Å². The van der Waals surface area contributed by atoms with Crippen LogP contribution in [-0.4, -0.2) is 55.8 Å². The van der Waals surface area contributed by atoms with Gasteiger partial charge in [-0.2, -0.15) is 0 Å². The van der Waals surface area contributed by atoms with E-state index in [4.69, 9.17) is 0 Å². The summed E-state index contributed by atoms with van der Waals surface area (Å²) in [7, 11) is -2.97. The molecule has 1 heterocycles. The van der Waals surface area contributed by atoms with Crippen molar-refractivity contribution in [2.75, 3.05) is 35.2 Å². The molecule has 1 aromatic rings. The van der Waals surface area contributed by atoms with Crippen LogP contribution in [0, 0.1) is 0 Å². The van der Waals surface area contributed by atoms with Crippen molar-refractivity contribution >= 4 is 33.0 Å². The van der Waals surface area contributed by atoms with E-state index in [0.717, 1.165) is 0 Å². The number of sulfone groups is 1. The molecule has 0 aromatic heterocycles. The van der Waals surface area contributed by atoms with Gasteiger partial charge in [-0.3, -0.25) is 14.5 Å². The molecule has 2 N–H and O–H groups in total. The molecule has 1 aliphatic heterocycles. The van der Waals surface area contributed by atoms with Crippen LogP contribution in [0.4, 0.5) is 11.4 Å². The van der Waals surface area contributed by atoms with E-state index in [9.17, 15) is 18.0 Å². The average Bonchev–Trinajstić information content (AvgIpc) is 2.86. The molecule has 24 heavy (non-hydrogen) atoms. The van der Waals surface area contributed by atoms with E-state index < -0.39 is 9.84 Å². The molecular weight excluding hydrogens is 330 g/mol. The molecule has 7 nitrogen and oxygen atoms in total. The maximum absolute atomic E-state index is 12.2. The lowest BCUT2D eigenvalue weighted by Gasteiger charge is -2.25.